The Bertz CT molecular complexity index is 321. The zero-order valence-electron chi connectivity index (χ0n) is 10.5. The van der Waals surface area contributed by atoms with Gasteiger partial charge < -0.3 is 9.84 Å². The van der Waals surface area contributed by atoms with E-state index in [4.69, 9.17) is 4.74 Å². The number of aliphatic hydroxyl groups excluding tert-OH is 1. The summed E-state index contributed by atoms with van der Waals surface area (Å²) in [5.74, 6) is 0.955. The maximum absolute atomic E-state index is 9.39. The molecule has 1 unspecified atom stereocenters. The van der Waals surface area contributed by atoms with E-state index in [2.05, 4.69) is 26.0 Å². The van der Waals surface area contributed by atoms with Crippen molar-refractivity contribution < 1.29 is 9.84 Å². The van der Waals surface area contributed by atoms with Crippen LogP contribution < -0.4 is 4.74 Å². The predicted molar refractivity (Wildman–Crippen MR) is 66.9 cm³/mol. The fourth-order valence-corrected chi connectivity index (χ4v) is 1.67. The SMILES string of the molecule is CCC(O)CCCOc1ccc(C)cc1C. The molecule has 2 heteroatoms. The lowest BCUT2D eigenvalue weighted by Gasteiger charge is -2.11. The molecule has 1 aromatic carbocycles. The molecule has 0 radical (unpaired) electrons. The van der Waals surface area contributed by atoms with Crippen LogP contribution in [0.4, 0.5) is 0 Å². The summed E-state index contributed by atoms with van der Waals surface area (Å²) in [7, 11) is 0. The minimum Gasteiger partial charge on any atom is -0.493 e. The summed E-state index contributed by atoms with van der Waals surface area (Å²) in [6, 6.07) is 6.19. The number of aryl methyl sites for hydroxylation is 2. The molecule has 0 heterocycles. The number of aliphatic hydroxyl groups is 1. The van der Waals surface area contributed by atoms with Gasteiger partial charge in [-0.15, -0.1) is 0 Å². The summed E-state index contributed by atoms with van der Waals surface area (Å²) < 4.78 is 5.68. The minimum absolute atomic E-state index is 0.178. The molecule has 90 valence electrons. The summed E-state index contributed by atoms with van der Waals surface area (Å²) >= 11 is 0. The standard InChI is InChI=1S/C14H22O2/c1-4-13(15)6-5-9-16-14-8-7-11(2)10-12(14)3/h7-8,10,13,15H,4-6,9H2,1-3H3. The molecular formula is C14H22O2. The van der Waals surface area contributed by atoms with Crippen LogP contribution in [-0.4, -0.2) is 17.8 Å². The second-order valence-corrected chi connectivity index (χ2v) is 4.32. The predicted octanol–water partition coefficient (Wildman–Crippen LogP) is 3.23. The third-order valence-electron chi connectivity index (χ3n) is 2.74. The summed E-state index contributed by atoms with van der Waals surface area (Å²) in [6.07, 6.45) is 2.37. The van der Waals surface area contributed by atoms with Crippen LogP contribution in [0.3, 0.4) is 0 Å². The third-order valence-corrected chi connectivity index (χ3v) is 2.74. The van der Waals surface area contributed by atoms with Gasteiger partial charge in [0, 0.05) is 0 Å². The summed E-state index contributed by atoms with van der Waals surface area (Å²) in [4.78, 5) is 0. The molecular weight excluding hydrogens is 200 g/mol. The number of rotatable bonds is 6. The number of ether oxygens (including phenoxy) is 1. The monoisotopic (exact) mass is 222 g/mol. The first-order chi connectivity index (χ1) is 7.63. The maximum Gasteiger partial charge on any atom is 0.122 e. The van der Waals surface area contributed by atoms with Gasteiger partial charge >= 0.3 is 0 Å². The Morgan fingerprint density at radius 1 is 1.31 bits per heavy atom. The van der Waals surface area contributed by atoms with Crippen LogP contribution in [0.25, 0.3) is 0 Å². The Labute approximate surface area is 98.3 Å². The molecule has 0 fully saturated rings. The van der Waals surface area contributed by atoms with Crippen molar-refractivity contribution in [1.29, 1.82) is 0 Å². The van der Waals surface area contributed by atoms with E-state index in [0.29, 0.717) is 6.61 Å². The Balaban J connectivity index is 2.32. The van der Waals surface area contributed by atoms with Crippen molar-refractivity contribution >= 4 is 0 Å². The molecule has 0 amide bonds. The molecule has 1 N–H and O–H groups in total. The molecule has 0 saturated heterocycles. The second-order valence-electron chi connectivity index (χ2n) is 4.32. The van der Waals surface area contributed by atoms with Gasteiger partial charge in [-0.25, -0.2) is 0 Å². The number of benzene rings is 1. The zero-order chi connectivity index (χ0) is 12.0. The lowest BCUT2D eigenvalue weighted by Crippen LogP contribution is -2.07. The molecule has 1 rings (SSSR count). The van der Waals surface area contributed by atoms with Crippen LogP contribution in [-0.2, 0) is 0 Å². The van der Waals surface area contributed by atoms with Crippen molar-refractivity contribution in [2.24, 2.45) is 0 Å². The van der Waals surface area contributed by atoms with E-state index < -0.39 is 0 Å². The van der Waals surface area contributed by atoms with Crippen molar-refractivity contribution in [2.45, 2.75) is 46.1 Å². The molecule has 1 atom stereocenters. The zero-order valence-corrected chi connectivity index (χ0v) is 10.5. The first-order valence-electron chi connectivity index (χ1n) is 6.01. The van der Waals surface area contributed by atoms with Gasteiger partial charge in [0.25, 0.3) is 0 Å². The molecule has 0 saturated carbocycles. The van der Waals surface area contributed by atoms with Crippen LogP contribution >= 0.6 is 0 Å². The lowest BCUT2D eigenvalue weighted by atomic mass is 10.1. The summed E-state index contributed by atoms with van der Waals surface area (Å²) in [5, 5.41) is 9.39. The van der Waals surface area contributed by atoms with Crippen molar-refractivity contribution in [3.8, 4) is 5.75 Å². The first-order valence-corrected chi connectivity index (χ1v) is 6.01. The van der Waals surface area contributed by atoms with Gasteiger partial charge in [-0.3, -0.25) is 0 Å². The Kier molecular flexibility index (Phi) is 5.33. The molecule has 0 aliphatic heterocycles. The van der Waals surface area contributed by atoms with Crippen LogP contribution in [0.5, 0.6) is 5.75 Å². The van der Waals surface area contributed by atoms with Crippen LogP contribution in [0.1, 0.15) is 37.3 Å². The quantitative estimate of drug-likeness (QED) is 0.749. The topological polar surface area (TPSA) is 29.5 Å². The van der Waals surface area contributed by atoms with Crippen molar-refractivity contribution in [3.63, 3.8) is 0 Å². The van der Waals surface area contributed by atoms with Crippen LogP contribution in [0, 0.1) is 13.8 Å². The average Bonchev–Trinajstić information content (AvgIpc) is 2.26. The van der Waals surface area contributed by atoms with E-state index in [1.165, 1.54) is 11.1 Å². The molecule has 0 aliphatic carbocycles. The largest absolute Gasteiger partial charge is 0.493 e. The minimum atomic E-state index is -0.178. The van der Waals surface area contributed by atoms with Crippen molar-refractivity contribution in [3.05, 3.63) is 29.3 Å². The van der Waals surface area contributed by atoms with E-state index in [9.17, 15) is 5.11 Å². The Morgan fingerprint density at radius 3 is 2.69 bits per heavy atom. The molecule has 0 aliphatic rings. The van der Waals surface area contributed by atoms with Gasteiger partial charge in [0.05, 0.1) is 12.7 Å². The van der Waals surface area contributed by atoms with E-state index in [0.717, 1.165) is 25.0 Å². The van der Waals surface area contributed by atoms with E-state index in [1.54, 1.807) is 0 Å². The summed E-state index contributed by atoms with van der Waals surface area (Å²) in [6.45, 7) is 6.81. The normalized spacial score (nSPS) is 12.5. The average molecular weight is 222 g/mol. The highest BCUT2D eigenvalue weighted by atomic mass is 16.5. The highest BCUT2D eigenvalue weighted by molar-refractivity contribution is 5.35. The van der Waals surface area contributed by atoms with Crippen LogP contribution in [0.15, 0.2) is 18.2 Å². The van der Waals surface area contributed by atoms with Crippen LogP contribution in [0.2, 0.25) is 0 Å². The smallest absolute Gasteiger partial charge is 0.122 e. The maximum atomic E-state index is 9.39. The third kappa shape index (κ3) is 4.23. The van der Waals surface area contributed by atoms with Crippen molar-refractivity contribution in [1.82, 2.24) is 0 Å². The molecule has 1 aromatic rings. The Hall–Kier alpha value is -1.02. The van der Waals surface area contributed by atoms with Gasteiger partial charge in [-0.1, -0.05) is 24.6 Å². The van der Waals surface area contributed by atoms with E-state index in [-0.39, 0.29) is 6.10 Å². The highest BCUT2D eigenvalue weighted by Crippen LogP contribution is 2.19. The Morgan fingerprint density at radius 2 is 2.06 bits per heavy atom. The van der Waals surface area contributed by atoms with Gasteiger partial charge in [0.2, 0.25) is 0 Å². The fourth-order valence-electron chi connectivity index (χ4n) is 1.67. The molecule has 0 aromatic heterocycles. The van der Waals surface area contributed by atoms with E-state index in [1.807, 2.05) is 13.0 Å². The molecule has 2 nitrogen and oxygen atoms in total. The lowest BCUT2D eigenvalue weighted by molar-refractivity contribution is 0.148. The van der Waals surface area contributed by atoms with Crippen molar-refractivity contribution in [2.75, 3.05) is 6.61 Å². The first kappa shape index (κ1) is 13.0. The van der Waals surface area contributed by atoms with E-state index >= 15 is 0 Å². The van der Waals surface area contributed by atoms with Gasteiger partial charge in [0.1, 0.15) is 5.75 Å². The summed E-state index contributed by atoms with van der Waals surface area (Å²) in [5.41, 5.74) is 2.43. The van der Waals surface area contributed by atoms with Gasteiger partial charge in [-0.2, -0.15) is 0 Å². The van der Waals surface area contributed by atoms with Gasteiger partial charge in [0.15, 0.2) is 0 Å². The number of hydrogen-bond acceptors (Lipinski definition) is 2. The van der Waals surface area contributed by atoms with Gasteiger partial charge in [-0.05, 0) is 44.7 Å². The fraction of sp³-hybridized carbons (Fsp3) is 0.571. The number of hydrogen-bond donors (Lipinski definition) is 1. The molecule has 16 heavy (non-hydrogen) atoms. The second kappa shape index (κ2) is 6.54. The molecule has 0 bridgehead atoms. The molecule has 0 spiro atoms. The highest BCUT2D eigenvalue weighted by Gasteiger charge is 2.02.